The van der Waals surface area contributed by atoms with Gasteiger partial charge in [-0.25, -0.2) is 8.42 Å². The molecule has 1 aliphatic rings. The van der Waals surface area contributed by atoms with Gasteiger partial charge >= 0.3 is 0 Å². The first-order valence-electron chi connectivity index (χ1n) is 7.96. The summed E-state index contributed by atoms with van der Waals surface area (Å²) in [5.41, 5.74) is 1.82. The van der Waals surface area contributed by atoms with Gasteiger partial charge in [-0.1, -0.05) is 29.8 Å². The zero-order valence-electron chi connectivity index (χ0n) is 13.5. The average Bonchev–Trinajstić information content (AvgIpc) is 3.15. The molecule has 1 aromatic heterocycles. The minimum absolute atomic E-state index is 0.0507. The van der Waals surface area contributed by atoms with Gasteiger partial charge in [0.05, 0.1) is 11.8 Å². The van der Waals surface area contributed by atoms with E-state index in [9.17, 15) is 8.42 Å². The van der Waals surface area contributed by atoms with Crippen LogP contribution in [0.25, 0.3) is 0 Å². The lowest BCUT2D eigenvalue weighted by molar-refractivity contribution is 0.527. The Kier molecular flexibility index (Phi) is 4.50. The lowest BCUT2D eigenvalue weighted by atomic mass is 10.2. The Bertz CT molecular complexity index is 792. The van der Waals surface area contributed by atoms with Gasteiger partial charge in [0.1, 0.15) is 0 Å². The Balaban J connectivity index is 1.93. The second kappa shape index (κ2) is 6.41. The highest BCUT2D eigenvalue weighted by Crippen LogP contribution is 2.24. The number of sulfone groups is 1. The SMILES string of the molecule is CCn1c(C2CCCN2)nnc1S(=O)(=O)Cc1cccc(C)c1. The number of hydrogen-bond donors (Lipinski definition) is 1. The van der Waals surface area contributed by atoms with E-state index in [0.29, 0.717) is 6.54 Å². The number of nitrogens with one attached hydrogen (secondary N) is 1. The van der Waals surface area contributed by atoms with Crippen LogP contribution in [0.4, 0.5) is 0 Å². The number of aromatic nitrogens is 3. The summed E-state index contributed by atoms with van der Waals surface area (Å²) in [5.74, 6) is 0.679. The molecule has 1 fully saturated rings. The molecule has 0 radical (unpaired) electrons. The van der Waals surface area contributed by atoms with Crippen molar-refractivity contribution in [2.45, 2.75) is 50.2 Å². The second-order valence-corrected chi connectivity index (χ2v) is 7.87. The molecule has 0 bridgehead atoms. The minimum atomic E-state index is -3.52. The highest BCUT2D eigenvalue weighted by molar-refractivity contribution is 7.90. The summed E-state index contributed by atoms with van der Waals surface area (Å²) in [5, 5.41) is 11.6. The molecule has 1 N–H and O–H groups in total. The van der Waals surface area contributed by atoms with E-state index >= 15 is 0 Å². The van der Waals surface area contributed by atoms with Gasteiger partial charge in [-0.2, -0.15) is 0 Å². The minimum Gasteiger partial charge on any atom is -0.307 e. The standard InChI is InChI=1S/C16H22N4O2S/c1-3-20-15(14-8-5-9-17-14)18-19-16(20)23(21,22)11-13-7-4-6-12(2)10-13/h4,6-7,10,14,17H,3,5,8-9,11H2,1-2H3. The molecule has 2 heterocycles. The van der Waals surface area contributed by atoms with E-state index in [2.05, 4.69) is 15.5 Å². The fourth-order valence-electron chi connectivity index (χ4n) is 3.08. The fraction of sp³-hybridized carbons (Fsp3) is 0.500. The first-order valence-corrected chi connectivity index (χ1v) is 9.61. The summed E-state index contributed by atoms with van der Waals surface area (Å²) < 4.78 is 27.3. The van der Waals surface area contributed by atoms with Crippen molar-refractivity contribution in [1.82, 2.24) is 20.1 Å². The van der Waals surface area contributed by atoms with Gasteiger partial charge in [0.25, 0.3) is 0 Å². The van der Waals surface area contributed by atoms with E-state index in [1.807, 2.05) is 38.1 Å². The third kappa shape index (κ3) is 3.30. The van der Waals surface area contributed by atoms with Crippen molar-refractivity contribution in [3.63, 3.8) is 0 Å². The maximum atomic E-state index is 12.8. The summed E-state index contributed by atoms with van der Waals surface area (Å²) >= 11 is 0. The van der Waals surface area contributed by atoms with Crippen molar-refractivity contribution in [2.24, 2.45) is 0 Å². The Morgan fingerprint density at radius 1 is 1.35 bits per heavy atom. The van der Waals surface area contributed by atoms with E-state index in [1.165, 1.54) is 0 Å². The Morgan fingerprint density at radius 3 is 2.83 bits per heavy atom. The van der Waals surface area contributed by atoms with E-state index in [1.54, 1.807) is 4.57 Å². The first-order chi connectivity index (χ1) is 11.0. The van der Waals surface area contributed by atoms with Gasteiger partial charge in [-0.15, -0.1) is 10.2 Å². The molecule has 7 heteroatoms. The van der Waals surface area contributed by atoms with Crippen LogP contribution in [0.15, 0.2) is 29.4 Å². The Hall–Kier alpha value is -1.73. The van der Waals surface area contributed by atoms with Crippen LogP contribution in [0.2, 0.25) is 0 Å². The predicted molar refractivity (Wildman–Crippen MR) is 87.7 cm³/mol. The van der Waals surface area contributed by atoms with Crippen molar-refractivity contribution in [1.29, 1.82) is 0 Å². The molecule has 23 heavy (non-hydrogen) atoms. The molecule has 1 saturated heterocycles. The highest BCUT2D eigenvalue weighted by Gasteiger charge is 2.29. The van der Waals surface area contributed by atoms with Crippen LogP contribution in [0.5, 0.6) is 0 Å². The molecule has 124 valence electrons. The summed E-state index contributed by atoms with van der Waals surface area (Å²) in [4.78, 5) is 0. The topological polar surface area (TPSA) is 76.9 Å². The molecule has 1 unspecified atom stereocenters. The number of aryl methyl sites for hydroxylation is 1. The van der Waals surface area contributed by atoms with Crippen molar-refractivity contribution >= 4 is 9.84 Å². The van der Waals surface area contributed by atoms with Crippen LogP contribution in [-0.4, -0.2) is 29.7 Å². The van der Waals surface area contributed by atoms with Crippen LogP contribution in [0, 0.1) is 6.92 Å². The third-order valence-corrected chi connectivity index (χ3v) is 5.72. The third-order valence-electron chi connectivity index (χ3n) is 4.15. The molecule has 3 rings (SSSR count). The molecule has 6 nitrogen and oxygen atoms in total. The summed E-state index contributed by atoms with van der Waals surface area (Å²) in [7, 11) is -3.52. The van der Waals surface area contributed by atoms with Crippen LogP contribution in [0.3, 0.4) is 0 Å². The maximum Gasteiger partial charge on any atom is 0.250 e. The summed E-state index contributed by atoms with van der Waals surface area (Å²) in [6, 6.07) is 7.65. The number of nitrogens with zero attached hydrogens (tertiary/aromatic N) is 3. The molecule has 2 aromatic rings. The molecule has 0 amide bonds. The molecule has 0 spiro atoms. The molecule has 0 aliphatic carbocycles. The maximum absolute atomic E-state index is 12.8. The lowest BCUT2D eigenvalue weighted by Crippen LogP contribution is -2.20. The smallest absolute Gasteiger partial charge is 0.250 e. The van der Waals surface area contributed by atoms with E-state index in [0.717, 1.165) is 36.3 Å². The number of hydrogen-bond acceptors (Lipinski definition) is 5. The Labute approximate surface area is 136 Å². The monoisotopic (exact) mass is 334 g/mol. The summed E-state index contributed by atoms with van der Waals surface area (Å²) in [6.45, 7) is 5.36. The van der Waals surface area contributed by atoms with Crippen LogP contribution >= 0.6 is 0 Å². The zero-order chi connectivity index (χ0) is 16.4. The fourth-order valence-corrected chi connectivity index (χ4v) is 4.55. The molecule has 1 atom stereocenters. The molecular weight excluding hydrogens is 312 g/mol. The summed E-state index contributed by atoms with van der Waals surface area (Å²) in [6.07, 6.45) is 2.04. The first kappa shape index (κ1) is 16.1. The van der Waals surface area contributed by atoms with Gasteiger partial charge in [0.15, 0.2) is 5.82 Å². The number of rotatable bonds is 5. The van der Waals surface area contributed by atoms with Gasteiger partial charge in [0, 0.05) is 6.54 Å². The highest BCUT2D eigenvalue weighted by atomic mass is 32.2. The molecule has 1 aromatic carbocycles. The van der Waals surface area contributed by atoms with Crippen LogP contribution in [0.1, 0.15) is 42.8 Å². The van der Waals surface area contributed by atoms with E-state index in [4.69, 9.17) is 0 Å². The molecular formula is C16H22N4O2S. The van der Waals surface area contributed by atoms with Gasteiger partial charge in [-0.05, 0) is 38.8 Å². The van der Waals surface area contributed by atoms with E-state index < -0.39 is 9.84 Å². The Morgan fingerprint density at radius 2 is 2.17 bits per heavy atom. The van der Waals surface area contributed by atoms with Crippen molar-refractivity contribution in [3.05, 3.63) is 41.2 Å². The lowest BCUT2D eigenvalue weighted by Gasteiger charge is -2.12. The van der Waals surface area contributed by atoms with Crippen LogP contribution in [-0.2, 0) is 22.1 Å². The van der Waals surface area contributed by atoms with Gasteiger partial charge < -0.3 is 9.88 Å². The predicted octanol–water partition coefficient (Wildman–Crippen LogP) is 2.00. The van der Waals surface area contributed by atoms with Crippen molar-refractivity contribution in [3.8, 4) is 0 Å². The second-order valence-electron chi connectivity index (χ2n) is 5.98. The zero-order valence-corrected chi connectivity index (χ0v) is 14.3. The largest absolute Gasteiger partial charge is 0.307 e. The quantitative estimate of drug-likeness (QED) is 0.905. The van der Waals surface area contributed by atoms with E-state index in [-0.39, 0.29) is 17.0 Å². The van der Waals surface area contributed by atoms with Crippen molar-refractivity contribution < 1.29 is 8.42 Å². The molecule has 0 saturated carbocycles. The molecule has 1 aliphatic heterocycles. The van der Waals surface area contributed by atoms with Crippen LogP contribution < -0.4 is 5.32 Å². The normalized spacial score (nSPS) is 18.4. The van der Waals surface area contributed by atoms with Gasteiger partial charge in [0.2, 0.25) is 15.0 Å². The average molecular weight is 334 g/mol. The number of benzene rings is 1. The van der Waals surface area contributed by atoms with Gasteiger partial charge in [-0.3, -0.25) is 0 Å². The van der Waals surface area contributed by atoms with Crippen molar-refractivity contribution in [2.75, 3.05) is 6.54 Å².